The molecule has 0 fully saturated rings. The van der Waals surface area contributed by atoms with Gasteiger partial charge in [0.15, 0.2) is 6.04 Å². The van der Waals surface area contributed by atoms with Gasteiger partial charge in [0.25, 0.3) is 0 Å². The lowest BCUT2D eigenvalue weighted by Gasteiger charge is -2.07. The lowest BCUT2D eigenvalue weighted by atomic mass is 10.1. The molecule has 110 valence electrons. The Bertz CT molecular complexity index is 295. The number of unbranched alkanes of at least 4 members (excludes halogenated alkanes) is 2. The van der Waals surface area contributed by atoms with Gasteiger partial charge >= 0.3 is 5.97 Å². The van der Waals surface area contributed by atoms with E-state index >= 15 is 0 Å². The van der Waals surface area contributed by atoms with Crippen LogP contribution in [0.2, 0.25) is 0 Å². The maximum Gasteiger partial charge on any atom is 0.364 e. The first-order chi connectivity index (χ1) is 8.22. The molecule has 0 bridgehead atoms. The number of ether oxygens (including phenoxy) is 1. The molecule has 0 aromatic rings. The maximum absolute atomic E-state index is 11.2. The minimum Gasteiger partial charge on any atom is -0.759 e. The van der Waals surface area contributed by atoms with Gasteiger partial charge in [0.05, 0.1) is 6.61 Å². The molecule has 0 amide bonds. The van der Waals surface area contributed by atoms with Crippen LogP contribution in [-0.4, -0.2) is 36.1 Å². The average molecular weight is 284 g/mol. The molecule has 1 atom stereocenters. The zero-order valence-corrected chi connectivity index (χ0v) is 11.7. The smallest absolute Gasteiger partial charge is 0.364 e. The zero-order chi connectivity index (χ0) is 14.6. The van der Waals surface area contributed by atoms with Crippen molar-refractivity contribution in [3.05, 3.63) is 0 Å². The largest absolute Gasteiger partial charge is 0.759 e. The highest BCUT2D eigenvalue weighted by molar-refractivity contribution is 7.79. The van der Waals surface area contributed by atoms with Crippen molar-refractivity contribution in [3.63, 3.8) is 0 Å². The molecule has 0 heterocycles. The van der Waals surface area contributed by atoms with Gasteiger partial charge in [0, 0.05) is 16.8 Å². The van der Waals surface area contributed by atoms with Crippen LogP contribution >= 0.6 is 0 Å². The van der Waals surface area contributed by atoms with Crippen molar-refractivity contribution in [1.29, 1.82) is 0 Å². The summed E-state index contributed by atoms with van der Waals surface area (Å²) in [5, 5.41) is 0. The van der Waals surface area contributed by atoms with Crippen LogP contribution in [0.25, 0.3) is 0 Å². The summed E-state index contributed by atoms with van der Waals surface area (Å²) in [6, 6.07) is -0.170. The fourth-order valence-electron chi connectivity index (χ4n) is 1.00. The SMILES string of the molecule is CCCCOC(=O)C([NH3+])CCCC.O=S(=O)([O-])[O-]. The predicted molar refractivity (Wildman–Crippen MR) is 62.5 cm³/mol. The minimum atomic E-state index is -5.17. The van der Waals surface area contributed by atoms with E-state index in [1.165, 1.54) is 0 Å². The van der Waals surface area contributed by atoms with Crippen LogP contribution in [0.5, 0.6) is 0 Å². The second-order valence-electron chi connectivity index (χ2n) is 3.77. The van der Waals surface area contributed by atoms with Gasteiger partial charge in [0.1, 0.15) is 0 Å². The molecular formula is C10H22NO6S-. The molecule has 0 aromatic heterocycles. The number of esters is 1. The number of carbonyl (C=O) groups excluding carboxylic acids is 1. The van der Waals surface area contributed by atoms with Gasteiger partial charge in [-0.25, -0.2) is 4.79 Å². The number of hydrogen-bond acceptors (Lipinski definition) is 6. The molecule has 0 saturated carbocycles. The van der Waals surface area contributed by atoms with Gasteiger partial charge in [-0.2, -0.15) is 0 Å². The van der Waals surface area contributed by atoms with Crippen LogP contribution in [-0.2, 0) is 19.9 Å². The Kier molecular flexibility index (Phi) is 12.4. The monoisotopic (exact) mass is 284 g/mol. The lowest BCUT2D eigenvalue weighted by molar-refractivity contribution is -0.409. The van der Waals surface area contributed by atoms with Crippen molar-refractivity contribution in [2.45, 2.75) is 52.0 Å². The Hall–Kier alpha value is -0.700. The van der Waals surface area contributed by atoms with Crippen LogP contribution in [0.15, 0.2) is 0 Å². The van der Waals surface area contributed by atoms with Crippen LogP contribution in [0, 0.1) is 0 Å². The van der Waals surface area contributed by atoms with E-state index in [2.05, 4.69) is 19.6 Å². The first-order valence-corrected chi connectivity index (χ1v) is 7.22. The third-order valence-corrected chi connectivity index (χ3v) is 1.98. The van der Waals surface area contributed by atoms with E-state index in [-0.39, 0.29) is 12.0 Å². The van der Waals surface area contributed by atoms with Gasteiger partial charge in [-0.05, 0) is 12.8 Å². The first kappa shape index (κ1) is 19.6. The Morgan fingerprint density at radius 2 is 1.67 bits per heavy atom. The van der Waals surface area contributed by atoms with Gasteiger partial charge in [-0.3, -0.25) is 8.42 Å². The van der Waals surface area contributed by atoms with E-state index in [1.807, 2.05) is 0 Å². The molecular weight excluding hydrogens is 262 g/mol. The normalized spacial score (nSPS) is 12.3. The number of quaternary nitrogens is 1. The lowest BCUT2D eigenvalue weighted by Crippen LogP contribution is -2.65. The highest BCUT2D eigenvalue weighted by atomic mass is 32.3. The molecule has 0 aliphatic carbocycles. The fourth-order valence-corrected chi connectivity index (χ4v) is 1.00. The van der Waals surface area contributed by atoms with Gasteiger partial charge in [0.2, 0.25) is 0 Å². The molecule has 8 heteroatoms. The van der Waals surface area contributed by atoms with Crippen molar-refractivity contribution in [2.24, 2.45) is 0 Å². The summed E-state index contributed by atoms with van der Waals surface area (Å²) >= 11 is 0. The Labute approximate surface area is 108 Å². The van der Waals surface area contributed by atoms with Crippen LogP contribution in [0.4, 0.5) is 0 Å². The van der Waals surface area contributed by atoms with Crippen LogP contribution in [0.1, 0.15) is 46.0 Å². The summed E-state index contributed by atoms with van der Waals surface area (Å²) in [6.07, 6.45) is 5.02. The van der Waals surface area contributed by atoms with Crippen LogP contribution < -0.4 is 5.73 Å². The summed E-state index contributed by atoms with van der Waals surface area (Å²) in [5.41, 5.74) is 3.78. The Balaban J connectivity index is 0. The molecule has 3 N–H and O–H groups in total. The number of carbonyl (C=O) groups is 1. The number of hydrogen-bond donors (Lipinski definition) is 1. The number of rotatable bonds is 7. The topological polar surface area (TPSA) is 134 Å². The molecule has 1 unspecified atom stereocenters. The summed E-state index contributed by atoms with van der Waals surface area (Å²) in [7, 11) is -5.17. The molecule has 0 aromatic carbocycles. The van der Waals surface area contributed by atoms with E-state index in [0.29, 0.717) is 6.61 Å². The first-order valence-electron chi connectivity index (χ1n) is 5.88. The maximum atomic E-state index is 11.2. The van der Waals surface area contributed by atoms with E-state index < -0.39 is 10.4 Å². The van der Waals surface area contributed by atoms with E-state index in [0.717, 1.165) is 32.1 Å². The summed E-state index contributed by atoms with van der Waals surface area (Å²) in [4.78, 5) is 11.2. The molecule has 0 aliphatic heterocycles. The molecule has 0 aliphatic rings. The van der Waals surface area contributed by atoms with Crippen molar-refractivity contribution in [3.8, 4) is 0 Å². The molecule has 0 saturated heterocycles. The third-order valence-electron chi connectivity index (χ3n) is 1.98. The summed E-state index contributed by atoms with van der Waals surface area (Å²) < 4.78 is 39.1. The fraction of sp³-hybridized carbons (Fsp3) is 0.900. The van der Waals surface area contributed by atoms with Gasteiger partial charge in [-0.1, -0.05) is 26.7 Å². The molecule has 0 spiro atoms. The van der Waals surface area contributed by atoms with E-state index in [9.17, 15) is 4.79 Å². The van der Waals surface area contributed by atoms with E-state index in [1.54, 1.807) is 0 Å². The van der Waals surface area contributed by atoms with Gasteiger partial charge < -0.3 is 19.6 Å². The standard InChI is InChI=1S/C10H21NO2.H2O4S/c1-3-5-7-9(11)10(12)13-8-6-4-2;1-5(2,3)4/h9H,3-8,11H2,1-2H3;(H2,1,2,3,4)/p-1. The Morgan fingerprint density at radius 3 is 2.06 bits per heavy atom. The molecule has 0 rings (SSSR count). The summed E-state index contributed by atoms with van der Waals surface area (Å²) in [6.45, 7) is 4.73. The molecule has 18 heavy (non-hydrogen) atoms. The average Bonchev–Trinajstić information content (AvgIpc) is 2.23. The van der Waals surface area contributed by atoms with Crippen molar-refractivity contribution in [1.82, 2.24) is 0 Å². The van der Waals surface area contributed by atoms with Crippen molar-refractivity contribution < 1.29 is 32.8 Å². The van der Waals surface area contributed by atoms with Crippen LogP contribution in [0.3, 0.4) is 0 Å². The predicted octanol–water partition coefficient (Wildman–Crippen LogP) is -0.208. The minimum absolute atomic E-state index is 0.137. The highest BCUT2D eigenvalue weighted by Gasteiger charge is 2.17. The van der Waals surface area contributed by atoms with E-state index in [4.69, 9.17) is 22.3 Å². The second-order valence-corrected chi connectivity index (χ2v) is 4.58. The summed E-state index contributed by atoms with van der Waals surface area (Å²) in [5.74, 6) is -0.137. The third kappa shape index (κ3) is 20.7. The second kappa shape index (κ2) is 11.4. The van der Waals surface area contributed by atoms with Gasteiger partial charge in [-0.15, -0.1) is 0 Å². The Morgan fingerprint density at radius 1 is 1.22 bits per heavy atom. The van der Waals surface area contributed by atoms with Crippen molar-refractivity contribution >= 4 is 16.4 Å². The molecule has 0 radical (unpaired) electrons. The highest BCUT2D eigenvalue weighted by Crippen LogP contribution is 1.99. The zero-order valence-electron chi connectivity index (χ0n) is 10.9. The quantitative estimate of drug-likeness (QED) is 0.297. The molecule has 7 nitrogen and oxygen atoms in total. The van der Waals surface area contributed by atoms with Crippen molar-refractivity contribution in [2.75, 3.05) is 6.61 Å².